The van der Waals surface area contributed by atoms with Crippen molar-refractivity contribution in [3.8, 4) is 5.75 Å². The molecule has 2 saturated heterocycles. The summed E-state index contributed by atoms with van der Waals surface area (Å²) in [7, 11) is 1.70. The SMILES string of the molecule is COc1ccccc1N1CCN(C(=O)CC2CSCCN2)CC1. The van der Waals surface area contributed by atoms with E-state index in [1.54, 1.807) is 7.11 Å². The first kappa shape index (κ1) is 16.5. The van der Waals surface area contributed by atoms with Crippen molar-refractivity contribution in [1.82, 2.24) is 10.2 Å². The van der Waals surface area contributed by atoms with E-state index in [0.717, 1.165) is 55.7 Å². The molecule has 23 heavy (non-hydrogen) atoms. The normalized spacial score (nSPS) is 22.0. The van der Waals surface area contributed by atoms with Gasteiger partial charge in [-0.15, -0.1) is 0 Å². The molecule has 2 heterocycles. The second-order valence-electron chi connectivity index (χ2n) is 5.97. The molecule has 2 aliphatic rings. The summed E-state index contributed by atoms with van der Waals surface area (Å²) in [5.41, 5.74) is 1.12. The van der Waals surface area contributed by atoms with Gasteiger partial charge in [-0.05, 0) is 12.1 Å². The predicted octanol–water partition coefficient (Wildman–Crippen LogP) is 1.44. The average molecular weight is 335 g/mol. The highest BCUT2D eigenvalue weighted by Crippen LogP contribution is 2.28. The largest absolute Gasteiger partial charge is 0.495 e. The third-order valence-electron chi connectivity index (χ3n) is 4.48. The van der Waals surface area contributed by atoms with Crippen LogP contribution in [-0.4, -0.2) is 68.2 Å². The van der Waals surface area contributed by atoms with E-state index < -0.39 is 0 Å². The Hall–Kier alpha value is -1.40. The van der Waals surface area contributed by atoms with Gasteiger partial charge in [0.15, 0.2) is 0 Å². The number of ether oxygens (including phenoxy) is 1. The monoisotopic (exact) mass is 335 g/mol. The first-order valence-corrected chi connectivity index (χ1v) is 9.40. The van der Waals surface area contributed by atoms with Gasteiger partial charge in [-0.3, -0.25) is 4.79 Å². The summed E-state index contributed by atoms with van der Waals surface area (Å²) < 4.78 is 5.44. The van der Waals surface area contributed by atoms with Crippen LogP contribution in [0.25, 0.3) is 0 Å². The fraction of sp³-hybridized carbons (Fsp3) is 0.588. The van der Waals surface area contributed by atoms with Gasteiger partial charge in [0.2, 0.25) is 5.91 Å². The minimum absolute atomic E-state index is 0.282. The Labute approximate surface area is 142 Å². The first-order valence-electron chi connectivity index (χ1n) is 8.25. The number of amides is 1. The highest BCUT2D eigenvalue weighted by Gasteiger charge is 2.25. The highest BCUT2D eigenvalue weighted by molar-refractivity contribution is 7.99. The van der Waals surface area contributed by atoms with Gasteiger partial charge in [0, 0.05) is 56.7 Å². The molecule has 5 nitrogen and oxygen atoms in total. The number of piperazine rings is 1. The molecule has 2 aliphatic heterocycles. The number of carbonyl (C=O) groups excluding carboxylic acids is 1. The van der Waals surface area contributed by atoms with Crippen molar-refractivity contribution in [1.29, 1.82) is 0 Å². The quantitative estimate of drug-likeness (QED) is 0.902. The fourth-order valence-corrected chi connectivity index (χ4v) is 4.13. The molecule has 6 heteroatoms. The van der Waals surface area contributed by atoms with Gasteiger partial charge >= 0.3 is 0 Å². The average Bonchev–Trinajstić information content (AvgIpc) is 2.62. The zero-order chi connectivity index (χ0) is 16.1. The van der Waals surface area contributed by atoms with E-state index in [9.17, 15) is 4.79 Å². The van der Waals surface area contributed by atoms with Crippen LogP contribution in [-0.2, 0) is 4.79 Å². The Morgan fingerprint density at radius 3 is 2.78 bits per heavy atom. The maximum atomic E-state index is 12.5. The molecule has 1 unspecified atom stereocenters. The van der Waals surface area contributed by atoms with E-state index in [-0.39, 0.29) is 5.91 Å². The van der Waals surface area contributed by atoms with Crippen molar-refractivity contribution in [3.05, 3.63) is 24.3 Å². The molecular weight excluding hydrogens is 310 g/mol. The number of rotatable bonds is 4. The number of anilines is 1. The van der Waals surface area contributed by atoms with Gasteiger partial charge in [0.25, 0.3) is 0 Å². The minimum atomic E-state index is 0.282. The lowest BCUT2D eigenvalue weighted by Gasteiger charge is -2.37. The Morgan fingerprint density at radius 1 is 1.30 bits per heavy atom. The molecule has 1 aromatic carbocycles. The maximum absolute atomic E-state index is 12.5. The third-order valence-corrected chi connectivity index (χ3v) is 5.61. The predicted molar refractivity (Wildman–Crippen MR) is 95.5 cm³/mol. The lowest BCUT2D eigenvalue weighted by molar-refractivity contribution is -0.131. The van der Waals surface area contributed by atoms with Gasteiger partial charge in [-0.2, -0.15) is 11.8 Å². The molecule has 1 aromatic rings. The summed E-state index contributed by atoms with van der Waals surface area (Å²) in [5.74, 6) is 3.38. The molecule has 0 aromatic heterocycles. The van der Waals surface area contributed by atoms with Crippen LogP contribution in [0, 0.1) is 0 Å². The third kappa shape index (κ3) is 4.12. The molecule has 0 spiro atoms. The lowest BCUT2D eigenvalue weighted by Crippen LogP contribution is -2.50. The Kier molecular flexibility index (Phi) is 5.67. The van der Waals surface area contributed by atoms with Gasteiger partial charge in [0.1, 0.15) is 5.75 Å². The Balaban J connectivity index is 1.52. The smallest absolute Gasteiger partial charge is 0.224 e. The van der Waals surface area contributed by atoms with Crippen LogP contribution in [0.4, 0.5) is 5.69 Å². The van der Waals surface area contributed by atoms with Crippen molar-refractivity contribution in [2.24, 2.45) is 0 Å². The standard InChI is InChI=1S/C17H25N3O2S/c1-22-16-5-3-2-4-15(16)19-7-9-20(10-8-19)17(21)12-14-13-23-11-6-18-14/h2-5,14,18H,6-13H2,1H3. The van der Waals surface area contributed by atoms with E-state index in [1.165, 1.54) is 0 Å². The van der Waals surface area contributed by atoms with Gasteiger partial charge < -0.3 is 19.9 Å². The van der Waals surface area contributed by atoms with Crippen LogP contribution in [0.3, 0.4) is 0 Å². The zero-order valence-corrected chi connectivity index (χ0v) is 14.5. The summed E-state index contributed by atoms with van der Waals surface area (Å²) in [4.78, 5) is 16.8. The minimum Gasteiger partial charge on any atom is -0.495 e. The molecule has 126 valence electrons. The van der Waals surface area contributed by atoms with E-state index in [2.05, 4.69) is 16.3 Å². The van der Waals surface area contributed by atoms with Gasteiger partial charge in [0.05, 0.1) is 12.8 Å². The van der Waals surface area contributed by atoms with Gasteiger partial charge in [-0.1, -0.05) is 12.1 Å². The van der Waals surface area contributed by atoms with Crippen LogP contribution in [0.2, 0.25) is 0 Å². The number of benzene rings is 1. The molecule has 1 N–H and O–H groups in total. The molecule has 0 saturated carbocycles. The number of thioether (sulfide) groups is 1. The maximum Gasteiger partial charge on any atom is 0.224 e. The second-order valence-corrected chi connectivity index (χ2v) is 7.12. The van der Waals surface area contributed by atoms with Crippen molar-refractivity contribution >= 4 is 23.4 Å². The molecule has 2 fully saturated rings. The van der Waals surface area contributed by atoms with Crippen LogP contribution < -0.4 is 15.0 Å². The number of hydrogen-bond donors (Lipinski definition) is 1. The zero-order valence-electron chi connectivity index (χ0n) is 13.7. The summed E-state index contributed by atoms with van der Waals surface area (Å²) >= 11 is 1.94. The van der Waals surface area contributed by atoms with Crippen molar-refractivity contribution in [3.63, 3.8) is 0 Å². The Bertz CT molecular complexity index is 526. The molecular formula is C17H25N3O2S. The number of carbonyl (C=O) groups is 1. The van der Waals surface area contributed by atoms with Crippen LogP contribution in [0.15, 0.2) is 24.3 Å². The molecule has 0 aliphatic carbocycles. The molecule has 3 rings (SSSR count). The molecule has 1 atom stereocenters. The summed E-state index contributed by atoms with van der Waals surface area (Å²) in [6.45, 7) is 4.32. The van der Waals surface area contributed by atoms with Crippen LogP contribution in [0.5, 0.6) is 5.75 Å². The van der Waals surface area contributed by atoms with Crippen molar-refractivity contribution in [2.75, 3.05) is 56.2 Å². The van der Waals surface area contributed by atoms with E-state index >= 15 is 0 Å². The van der Waals surface area contributed by atoms with Crippen molar-refractivity contribution in [2.45, 2.75) is 12.5 Å². The molecule has 0 bridgehead atoms. The molecule has 0 radical (unpaired) electrons. The van der Waals surface area contributed by atoms with E-state index in [0.29, 0.717) is 12.5 Å². The summed E-state index contributed by atoms with van der Waals surface area (Å²) in [6, 6.07) is 8.42. The van der Waals surface area contributed by atoms with Crippen LogP contribution >= 0.6 is 11.8 Å². The van der Waals surface area contributed by atoms with E-state index in [4.69, 9.17) is 4.74 Å². The topological polar surface area (TPSA) is 44.8 Å². The number of para-hydroxylation sites is 2. The Morgan fingerprint density at radius 2 is 2.09 bits per heavy atom. The number of hydrogen-bond acceptors (Lipinski definition) is 5. The molecule has 1 amide bonds. The van der Waals surface area contributed by atoms with Gasteiger partial charge in [-0.25, -0.2) is 0 Å². The number of nitrogens with zero attached hydrogens (tertiary/aromatic N) is 2. The van der Waals surface area contributed by atoms with Crippen molar-refractivity contribution < 1.29 is 9.53 Å². The summed E-state index contributed by atoms with van der Waals surface area (Å²) in [6.07, 6.45) is 0.627. The number of methoxy groups -OCH3 is 1. The second kappa shape index (κ2) is 7.93. The van der Waals surface area contributed by atoms with E-state index in [1.807, 2.05) is 34.9 Å². The summed E-state index contributed by atoms with van der Waals surface area (Å²) in [5, 5.41) is 3.44. The first-order chi connectivity index (χ1) is 11.3. The highest BCUT2D eigenvalue weighted by atomic mass is 32.2. The number of nitrogens with one attached hydrogen (secondary N) is 1. The van der Waals surface area contributed by atoms with Crippen LogP contribution in [0.1, 0.15) is 6.42 Å². The lowest BCUT2D eigenvalue weighted by atomic mass is 10.1. The fourth-order valence-electron chi connectivity index (χ4n) is 3.18.